The van der Waals surface area contributed by atoms with Crippen LogP contribution in [0.4, 0.5) is 13.2 Å². The predicted octanol–water partition coefficient (Wildman–Crippen LogP) is 3.77. The molecule has 28 heavy (non-hydrogen) atoms. The first kappa shape index (κ1) is 21.5. The number of alkyl halides is 3. The molecule has 1 aromatic carbocycles. The number of aromatic nitrogens is 1. The van der Waals surface area contributed by atoms with E-state index in [0.29, 0.717) is 11.8 Å². The van der Waals surface area contributed by atoms with Gasteiger partial charge in [0.2, 0.25) is 11.8 Å². The molecule has 0 spiro atoms. The van der Waals surface area contributed by atoms with E-state index in [9.17, 15) is 22.8 Å². The van der Waals surface area contributed by atoms with Gasteiger partial charge in [0.1, 0.15) is 16.8 Å². The number of benzene rings is 1. The van der Waals surface area contributed by atoms with Crippen LogP contribution in [-0.2, 0) is 26.9 Å². The lowest BCUT2D eigenvalue weighted by Crippen LogP contribution is -2.41. The summed E-state index contributed by atoms with van der Waals surface area (Å²) in [7, 11) is 1.22. The third kappa shape index (κ3) is 5.85. The molecule has 0 aliphatic carbocycles. The number of methoxy groups -OCH3 is 1. The maximum absolute atomic E-state index is 12.6. The summed E-state index contributed by atoms with van der Waals surface area (Å²) in [5.41, 5.74) is -0.282. The molecule has 10 heteroatoms. The lowest BCUT2D eigenvalue weighted by Gasteiger charge is -2.15. The molecule has 0 radical (unpaired) electrons. The number of halogens is 4. The second-order valence-electron chi connectivity index (χ2n) is 5.74. The molecule has 1 amide bonds. The Hall–Kier alpha value is -2.81. The molecule has 1 atom stereocenters. The first-order valence-electron chi connectivity index (χ1n) is 7.94. The van der Waals surface area contributed by atoms with Crippen molar-refractivity contribution in [3.05, 3.63) is 52.7 Å². The van der Waals surface area contributed by atoms with Crippen molar-refractivity contribution in [1.82, 2.24) is 10.3 Å². The molecule has 0 aliphatic heterocycles. The molecule has 0 fully saturated rings. The van der Waals surface area contributed by atoms with Crippen molar-refractivity contribution in [3.63, 3.8) is 0 Å². The highest BCUT2D eigenvalue weighted by Crippen LogP contribution is 2.34. The monoisotopic (exact) mass is 416 g/mol. The van der Waals surface area contributed by atoms with Gasteiger partial charge in [-0.2, -0.15) is 13.2 Å². The number of rotatable bonds is 6. The molecule has 1 aromatic heterocycles. The van der Waals surface area contributed by atoms with Crippen molar-refractivity contribution < 1.29 is 32.2 Å². The zero-order chi connectivity index (χ0) is 20.9. The van der Waals surface area contributed by atoms with Gasteiger partial charge in [-0.25, -0.2) is 9.78 Å². The molecule has 1 heterocycles. The van der Waals surface area contributed by atoms with Crippen LogP contribution in [-0.4, -0.2) is 30.0 Å². The third-order valence-electron chi connectivity index (χ3n) is 3.58. The van der Waals surface area contributed by atoms with Crippen molar-refractivity contribution >= 4 is 23.5 Å². The Balaban J connectivity index is 2.10. The number of nitrogens with zero attached hydrogens (tertiary/aromatic N) is 1. The van der Waals surface area contributed by atoms with Crippen molar-refractivity contribution in [3.8, 4) is 11.6 Å². The van der Waals surface area contributed by atoms with Gasteiger partial charge in [0, 0.05) is 19.5 Å². The van der Waals surface area contributed by atoms with Crippen molar-refractivity contribution in [1.29, 1.82) is 0 Å². The van der Waals surface area contributed by atoms with Crippen LogP contribution in [0, 0.1) is 0 Å². The fraction of sp³-hybridized carbons (Fsp3) is 0.278. The average molecular weight is 417 g/mol. The Labute approximate surface area is 163 Å². The van der Waals surface area contributed by atoms with E-state index in [-0.39, 0.29) is 29.0 Å². The number of hydrogen-bond acceptors (Lipinski definition) is 5. The van der Waals surface area contributed by atoms with Gasteiger partial charge in [0.25, 0.3) is 0 Å². The number of amides is 1. The van der Waals surface area contributed by atoms with Crippen LogP contribution in [0.3, 0.4) is 0 Å². The average Bonchev–Trinajstić information content (AvgIpc) is 2.62. The maximum atomic E-state index is 12.6. The topological polar surface area (TPSA) is 77.5 Å². The van der Waals surface area contributed by atoms with E-state index in [1.165, 1.54) is 26.2 Å². The third-order valence-corrected chi connectivity index (χ3v) is 3.85. The zero-order valence-electron chi connectivity index (χ0n) is 14.8. The van der Waals surface area contributed by atoms with Crippen LogP contribution in [0.5, 0.6) is 11.6 Å². The first-order valence-corrected chi connectivity index (χ1v) is 8.32. The minimum absolute atomic E-state index is 0.173. The Morgan fingerprint density at radius 3 is 2.39 bits per heavy atom. The Morgan fingerprint density at radius 1 is 1.25 bits per heavy atom. The van der Waals surface area contributed by atoms with Crippen LogP contribution in [0.2, 0.25) is 5.02 Å². The molecular formula is C18H16ClF3N2O4. The minimum Gasteiger partial charge on any atom is -0.467 e. The molecule has 0 bridgehead atoms. The van der Waals surface area contributed by atoms with Gasteiger partial charge in [-0.3, -0.25) is 4.79 Å². The van der Waals surface area contributed by atoms with Gasteiger partial charge < -0.3 is 14.8 Å². The fourth-order valence-corrected chi connectivity index (χ4v) is 2.48. The predicted molar refractivity (Wildman–Crippen MR) is 94.1 cm³/mol. The summed E-state index contributed by atoms with van der Waals surface area (Å²) in [6.45, 7) is 1.29. The van der Waals surface area contributed by atoms with Crippen LogP contribution in [0.25, 0.3) is 0 Å². The van der Waals surface area contributed by atoms with Crippen LogP contribution >= 0.6 is 11.6 Å². The Kier molecular flexibility index (Phi) is 6.85. The van der Waals surface area contributed by atoms with Gasteiger partial charge in [-0.05, 0) is 23.8 Å². The zero-order valence-corrected chi connectivity index (χ0v) is 15.6. The summed E-state index contributed by atoms with van der Waals surface area (Å²) >= 11 is 5.81. The molecule has 0 saturated heterocycles. The smallest absolute Gasteiger partial charge is 0.417 e. The number of nitrogens with one attached hydrogen (secondary N) is 1. The second-order valence-corrected chi connectivity index (χ2v) is 6.14. The van der Waals surface area contributed by atoms with Crippen LogP contribution < -0.4 is 10.1 Å². The van der Waals surface area contributed by atoms with Gasteiger partial charge >= 0.3 is 12.1 Å². The number of ether oxygens (including phenoxy) is 2. The van der Waals surface area contributed by atoms with E-state index in [1.807, 2.05) is 0 Å². The Morgan fingerprint density at radius 2 is 1.89 bits per heavy atom. The lowest BCUT2D eigenvalue weighted by molar-refractivity contribution is -0.144. The molecule has 0 aliphatic rings. The molecule has 0 saturated carbocycles. The van der Waals surface area contributed by atoms with E-state index in [4.69, 9.17) is 16.3 Å². The van der Waals surface area contributed by atoms with E-state index >= 15 is 0 Å². The first-order chi connectivity index (χ1) is 13.1. The highest BCUT2D eigenvalue weighted by atomic mass is 35.5. The summed E-state index contributed by atoms with van der Waals surface area (Å²) in [5.74, 6) is -0.852. The largest absolute Gasteiger partial charge is 0.467 e. The molecule has 6 nitrogen and oxygen atoms in total. The summed E-state index contributed by atoms with van der Waals surface area (Å²) in [5, 5.41) is 2.21. The number of carbonyl (C=O) groups excluding carboxylic acids is 2. The number of carbonyl (C=O) groups is 2. The van der Waals surface area contributed by atoms with Crippen LogP contribution in [0.15, 0.2) is 36.5 Å². The van der Waals surface area contributed by atoms with Gasteiger partial charge in [-0.1, -0.05) is 23.7 Å². The quantitative estimate of drug-likeness (QED) is 0.725. The minimum atomic E-state index is -4.55. The molecule has 0 unspecified atom stereocenters. The molecular weight excluding hydrogens is 401 g/mol. The summed E-state index contributed by atoms with van der Waals surface area (Å²) in [4.78, 5) is 26.5. The second kappa shape index (κ2) is 8.92. The normalized spacial score (nSPS) is 12.2. The van der Waals surface area contributed by atoms with E-state index in [1.54, 1.807) is 12.1 Å². The van der Waals surface area contributed by atoms with E-state index in [2.05, 4.69) is 15.0 Å². The molecule has 1 N–H and O–H groups in total. The fourth-order valence-electron chi connectivity index (χ4n) is 2.28. The van der Waals surface area contributed by atoms with E-state index < -0.39 is 23.8 Å². The van der Waals surface area contributed by atoms with Gasteiger partial charge in [-0.15, -0.1) is 0 Å². The molecule has 2 rings (SSSR count). The highest BCUT2D eigenvalue weighted by molar-refractivity contribution is 6.31. The van der Waals surface area contributed by atoms with Gasteiger partial charge in [0.15, 0.2) is 0 Å². The van der Waals surface area contributed by atoms with Gasteiger partial charge in [0.05, 0.1) is 12.7 Å². The summed E-state index contributed by atoms with van der Waals surface area (Å²) < 4.78 is 48.0. The molecule has 2 aromatic rings. The number of hydrogen-bond donors (Lipinski definition) is 1. The van der Waals surface area contributed by atoms with Crippen molar-refractivity contribution in [2.75, 3.05) is 7.11 Å². The summed E-state index contributed by atoms with van der Waals surface area (Å²) in [6.07, 6.45) is -3.74. The number of esters is 1. The van der Waals surface area contributed by atoms with E-state index in [0.717, 1.165) is 6.07 Å². The standard InChI is InChI=1S/C18H16ClF3N2O4/c1-10(25)24-15(17(26)27-2)7-11-3-5-13(6-4-11)28-16-14(19)8-12(9-23-16)18(20,21)22/h3-6,8-9,15H,7H2,1-2H3,(H,24,25)/t15-/m0/s1. The SMILES string of the molecule is COC(=O)[C@H](Cc1ccc(Oc2ncc(C(F)(F)F)cc2Cl)cc1)NC(C)=O. The summed E-state index contributed by atoms with van der Waals surface area (Å²) in [6, 6.07) is 6.21. The molecule has 150 valence electrons. The maximum Gasteiger partial charge on any atom is 0.417 e. The lowest BCUT2D eigenvalue weighted by atomic mass is 10.1. The number of pyridine rings is 1. The highest BCUT2D eigenvalue weighted by Gasteiger charge is 2.31. The van der Waals surface area contributed by atoms with Crippen molar-refractivity contribution in [2.45, 2.75) is 25.6 Å². The van der Waals surface area contributed by atoms with Crippen LogP contribution in [0.1, 0.15) is 18.1 Å². The Bertz CT molecular complexity index is 857. The van der Waals surface area contributed by atoms with Crippen molar-refractivity contribution in [2.24, 2.45) is 0 Å².